The van der Waals surface area contributed by atoms with Crippen molar-refractivity contribution in [3.8, 4) is 0 Å². The van der Waals surface area contributed by atoms with Crippen LogP contribution in [-0.4, -0.2) is 29.3 Å². The van der Waals surface area contributed by atoms with Crippen LogP contribution in [0.25, 0.3) is 0 Å². The van der Waals surface area contributed by atoms with Gasteiger partial charge in [-0.2, -0.15) is 0 Å². The number of nitrogens with zero attached hydrogens (tertiary/aromatic N) is 1. The number of hydrogen-bond donors (Lipinski definition) is 1. The molecule has 1 atom stereocenters. The van der Waals surface area contributed by atoms with Gasteiger partial charge in [0, 0.05) is 19.0 Å². The second kappa shape index (κ2) is 7.76. The van der Waals surface area contributed by atoms with Gasteiger partial charge in [0.05, 0.1) is 0 Å². The summed E-state index contributed by atoms with van der Waals surface area (Å²) in [5.41, 5.74) is 0.793. The Bertz CT molecular complexity index is 486. The monoisotopic (exact) mass is 294 g/mol. The maximum Gasteiger partial charge on any atom is 0.242 e. The first-order chi connectivity index (χ1) is 9.86. The van der Waals surface area contributed by atoms with Crippen LogP contribution in [0.4, 0.5) is 4.39 Å². The van der Waals surface area contributed by atoms with Gasteiger partial charge >= 0.3 is 0 Å². The molecule has 116 valence electrons. The first kappa shape index (κ1) is 17.1. The lowest BCUT2D eigenvalue weighted by atomic mass is 10.1. The van der Waals surface area contributed by atoms with Gasteiger partial charge in [-0.1, -0.05) is 26.0 Å². The van der Waals surface area contributed by atoms with E-state index in [2.05, 4.69) is 5.32 Å². The van der Waals surface area contributed by atoms with E-state index in [1.54, 1.807) is 32.9 Å². The van der Waals surface area contributed by atoms with Crippen LogP contribution in [0.3, 0.4) is 0 Å². The zero-order valence-electron chi connectivity index (χ0n) is 13.0. The minimum Gasteiger partial charge on any atom is -0.355 e. The molecule has 0 spiro atoms. The quantitative estimate of drug-likeness (QED) is 0.875. The van der Waals surface area contributed by atoms with E-state index in [1.807, 2.05) is 6.92 Å². The number of carbonyl (C=O) groups excluding carboxylic acids is 2. The Morgan fingerprint density at radius 3 is 2.24 bits per heavy atom. The summed E-state index contributed by atoms with van der Waals surface area (Å²) >= 11 is 0. The normalized spacial score (nSPS) is 12.1. The molecule has 1 unspecified atom stereocenters. The highest BCUT2D eigenvalue weighted by Gasteiger charge is 2.27. The average Bonchev–Trinajstić information content (AvgIpc) is 2.45. The zero-order chi connectivity index (χ0) is 16.0. The van der Waals surface area contributed by atoms with Gasteiger partial charge in [-0.3, -0.25) is 9.59 Å². The van der Waals surface area contributed by atoms with Crippen LogP contribution in [0.15, 0.2) is 24.3 Å². The SMILES string of the molecule is CCNC(=O)C(C)N(Cc1ccc(F)cc1)C(=O)C(C)C. The van der Waals surface area contributed by atoms with Crippen LogP contribution in [0.1, 0.15) is 33.3 Å². The number of benzene rings is 1. The molecule has 4 nitrogen and oxygen atoms in total. The number of nitrogens with one attached hydrogen (secondary N) is 1. The lowest BCUT2D eigenvalue weighted by Crippen LogP contribution is -2.48. The first-order valence-corrected chi connectivity index (χ1v) is 7.19. The molecule has 0 radical (unpaired) electrons. The molecule has 0 aliphatic carbocycles. The summed E-state index contributed by atoms with van der Waals surface area (Å²) in [5, 5.41) is 2.72. The van der Waals surface area contributed by atoms with E-state index in [1.165, 1.54) is 17.0 Å². The molecule has 21 heavy (non-hydrogen) atoms. The molecule has 0 aliphatic rings. The molecule has 0 saturated heterocycles. The van der Waals surface area contributed by atoms with E-state index in [0.29, 0.717) is 6.54 Å². The van der Waals surface area contributed by atoms with Crippen molar-refractivity contribution in [2.45, 2.75) is 40.3 Å². The summed E-state index contributed by atoms with van der Waals surface area (Å²) in [5.74, 6) is -0.814. The third-order valence-corrected chi connectivity index (χ3v) is 3.24. The van der Waals surface area contributed by atoms with Gasteiger partial charge in [0.15, 0.2) is 0 Å². The van der Waals surface area contributed by atoms with E-state index in [4.69, 9.17) is 0 Å². The summed E-state index contributed by atoms with van der Waals surface area (Å²) in [6.45, 7) is 7.93. The second-order valence-electron chi connectivity index (χ2n) is 5.32. The maximum absolute atomic E-state index is 13.0. The fourth-order valence-corrected chi connectivity index (χ4v) is 1.99. The van der Waals surface area contributed by atoms with Crippen LogP contribution in [0.2, 0.25) is 0 Å². The highest BCUT2D eigenvalue weighted by atomic mass is 19.1. The van der Waals surface area contributed by atoms with Crippen molar-refractivity contribution < 1.29 is 14.0 Å². The summed E-state index contributed by atoms with van der Waals surface area (Å²) in [6, 6.07) is 5.39. The maximum atomic E-state index is 13.0. The number of halogens is 1. The summed E-state index contributed by atoms with van der Waals surface area (Å²) in [6.07, 6.45) is 0. The number of carbonyl (C=O) groups is 2. The Morgan fingerprint density at radius 1 is 1.19 bits per heavy atom. The third kappa shape index (κ3) is 4.85. The molecule has 0 aromatic heterocycles. The topological polar surface area (TPSA) is 49.4 Å². The van der Waals surface area contributed by atoms with Crippen LogP contribution in [0, 0.1) is 11.7 Å². The predicted molar refractivity (Wildman–Crippen MR) is 79.9 cm³/mol. The van der Waals surface area contributed by atoms with Gasteiger partial charge in [0.25, 0.3) is 0 Å². The average molecular weight is 294 g/mol. The molecule has 0 saturated carbocycles. The number of likely N-dealkylation sites (N-methyl/N-ethyl adjacent to an activating group) is 1. The van der Waals surface area contributed by atoms with E-state index < -0.39 is 6.04 Å². The molecular weight excluding hydrogens is 271 g/mol. The molecule has 1 N–H and O–H groups in total. The molecule has 0 bridgehead atoms. The van der Waals surface area contributed by atoms with Crippen molar-refractivity contribution in [1.82, 2.24) is 10.2 Å². The van der Waals surface area contributed by atoms with E-state index in [9.17, 15) is 14.0 Å². The number of hydrogen-bond acceptors (Lipinski definition) is 2. The first-order valence-electron chi connectivity index (χ1n) is 7.19. The third-order valence-electron chi connectivity index (χ3n) is 3.24. The van der Waals surface area contributed by atoms with Crippen LogP contribution in [0.5, 0.6) is 0 Å². The Morgan fingerprint density at radius 2 is 1.76 bits per heavy atom. The van der Waals surface area contributed by atoms with Gasteiger partial charge in [0.2, 0.25) is 11.8 Å². The van der Waals surface area contributed by atoms with Crippen LogP contribution < -0.4 is 5.32 Å². The highest BCUT2D eigenvalue weighted by molar-refractivity contribution is 5.88. The van der Waals surface area contributed by atoms with E-state index in [-0.39, 0.29) is 30.1 Å². The van der Waals surface area contributed by atoms with Crippen molar-refractivity contribution in [3.05, 3.63) is 35.6 Å². The standard InChI is InChI=1S/C16H23FN2O2/c1-5-18-15(20)12(4)19(16(21)11(2)3)10-13-6-8-14(17)9-7-13/h6-9,11-12H,5,10H2,1-4H3,(H,18,20). The Hall–Kier alpha value is -1.91. The molecule has 2 amide bonds. The van der Waals surface area contributed by atoms with E-state index >= 15 is 0 Å². The molecule has 0 aliphatic heterocycles. The Kier molecular flexibility index (Phi) is 6.34. The van der Waals surface area contributed by atoms with Crippen LogP contribution >= 0.6 is 0 Å². The predicted octanol–water partition coefficient (Wildman–Crippen LogP) is 2.33. The van der Waals surface area contributed by atoms with Crippen molar-refractivity contribution in [2.75, 3.05) is 6.54 Å². The van der Waals surface area contributed by atoms with Crippen LogP contribution in [-0.2, 0) is 16.1 Å². The lowest BCUT2D eigenvalue weighted by Gasteiger charge is -2.30. The lowest BCUT2D eigenvalue weighted by molar-refractivity contribution is -0.143. The Balaban J connectivity index is 2.94. The zero-order valence-corrected chi connectivity index (χ0v) is 13.0. The van der Waals surface area contributed by atoms with Gasteiger partial charge in [-0.25, -0.2) is 4.39 Å². The van der Waals surface area contributed by atoms with Gasteiger partial charge in [-0.15, -0.1) is 0 Å². The molecule has 0 fully saturated rings. The van der Waals surface area contributed by atoms with Gasteiger partial charge in [0.1, 0.15) is 11.9 Å². The Labute approximate surface area is 125 Å². The summed E-state index contributed by atoms with van der Waals surface area (Å²) < 4.78 is 13.0. The summed E-state index contributed by atoms with van der Waals surface area (Å²) in [4.78, 5) is 25.9. The number of amides is 2. The van der Waals surface area contributed by atoms with Crippen molar-refractivity contribution in [1.29, 1.82) is 0 Å². The molecule has 1 aromatic rings. The van der Waals surface area contributed by atoms with Gasteiger partial charge in [-0.05, 0) is 31.5 Å². The fraction of sp³-hybridized carbons (Fsp3) is 0.500. The largest absolute Gasteiger partial charge is 0.355 e. The van der Waals surface area contributed by atoms with E-state index in [0.717, 1.165) is 5.56 Å². The molecule has 5 heteroatoms. The van der Waals surface area contributed by atoms with Crippen molar-refractivity contribution in [2.24, 2.45) is 5.92 Å². The summed E-state index contributed by atoms with van der Waals surface area (Å²) in [7, 11) is 0. The molecule has 1 rings (SSSR count). The second-order valence-corrected chi connectivity index (χ2v) is 5.32. The molecule has 1 aromatic carbocycles. The van der Waals surface area contributed by atoms with Crippen molar-refractivity contribution >= 4 is 11.8 Å². The number of rotatable bonds is 6. The minimum atomic E-state index is -0.565. The van der Waals surface area contributed by atoms with Gasteiger partial charge < -0.3 is 10.2 Å². The minimum absolute atomic E-state index is 0.0990. The molecular formula is C16H23FN2O2. The highest BCUT2D eigenvalue weighted by Crippen LogP contribution is 2.13. The molecule has 0 heterocycles. The fourth-order valence-electron chi connectivity index (χ4n) is 1.99. The smallest absolute Gasteiger partial charge is 0.242 e. The van der Waals surface area contributed by atoms with Crippen molar-refractivity contribution in [3.63, 3.8) is 0 Å².